The number of pyridine rings is 1. The van der Waals surface area contributed by atoms with Gasteiger partial charge in [0.05, 0.1) is 22.7 Å². The number of hydrogen-bond acceptors (Lipinski definition) is 3. The van der Waals surface area contributed by atoms with E-state index in [4.69, 9.17) is 0 Å². The van der Waals surface area contributed by atoms with Gasteiger partial charge < -0.3 is 9.88 Å². The Morgan fingerprint density at radius 1 is 1.32 bits per heavy atom. The molecule has 0 atom stereocenters. The third-order valence-electron chi connectivity index (χ3n) is 4.89. The number of nitrogens with zero attached hydrogens (tertiary/aromatic N) is 3. The zero-order valence-electron chi connectivity index (χ0n) is 14.2. The van der Waals surface area contributed by atoms with Gasteiger partial charge >= 0.3 is 0 Å². The molecular formula is C20H18N4O. The van der Waals surface area contributed by atoms with Gasteiger partial charge in [-0.3, -0.25) is 4.79 Å². The van der Waals surface area contributed by atoms with Crippen molar-refractivity contribution in [2.24, 2.45) is 7.05 Å². The molecule has 0 bridgehead atoms. The molecule has 1 aliphatic carbocycles. The lowest BCUT2D eigenvalue weighted by atomic mass is 10.1. The Labute approximate surface area is 145 Å². The van der Waals surface area contributed by atoms with Crippen LogP contribution in [0.3, 0.4) is 0 Å². The predicted octanol–water partition coefficient (Wildman–Crippen LogP) is 3.88. The lowest BCUT2D eigenvalue weighted by Gasteiger charge is -2.07. The highest BCUT2D eigenvalue weighted by Gasteiger charge is 2.29. The van der Waals surface area contributed by atoms with E-state index in [-0.39, 0.29) is 5.91 Å². The maximum atomic E-state index is 12.7. The SMILES string of the molecule is Cc1c(C(=O)Nc2cc(C#N)c3ccccc3n2)cc(C2CC2)n1C. The molecule has 0 saturated heterocycles. The van der Waals surface area contributed by atoms with E-state index in [1.54, 1.807) is 6.07 Å². The average Bonchev–Trinajstić information content (AvgIpc) is 3.41. The van der Waals surface area contributed by atoms with Crippen molar-refractivity contribution in [3.8, 4) is 6.07 Å². The predicted molar refractivity (Wildman–Crippen MR) is 96.5 cm³/mol. The van der Waals surface area contributed by atoms with Gasteiger partial charge in [-0.1, -0.05) is 18.2 Å². The molecule has 5 nitrogen and oxygen atoms in total. The van der Waals surface area contributed by atoms with E-state index in [0.29, 0.717) is 28.4 Å². The summed E-state index contributed by atoms with van der Waals surface area (Å²) in [5.74, 6) is 0.789. The number of aromatic nitrogens is 2. The monoisotopic (exact) mass is 330 g/mol. The van der Waals surface area contributed by atoms with E-state index in [2.05, 4.69) is 20.9 Å². The largest absolute Gasteiger partial charge is 0.351 e. The van der Waals surface area contributed by atoms with E-state index in [0.717, 1.165) is 11.1 Å². The third-order valence-corrected chi connectivity index (χ3v) is 4.89. The lowest BCUT2D eigenvalue weighted by Crippen LogP contribution is -2.14. The van der Waals surface area contributed by atoms with Crippen LogP contribution >= 0.6 is 0 Å². The van der Waals surface area contributed by atoms with Crippen LogP contribution in [0.2, 0.25) is 0 Å². The van der Waals surface area contributed by atoms with Crippen LogP contribution in [0, 0.1) is 18.3 Å². The van der Waals surface area contributed by atoms with Crippen LogP contribution in [0.25, 0.3) is 10.9 Å². The molecule has 1 aliphatic rings. The normalized spacial score (nSPS) is 13.6. The van der Waals surface area contributed by atoms with Gasteiger partial charge in [0.15, 0.2) is 0 Å². The number of carbonyl (C=O) groups is 1. The summed E-state index contributed by atoms with van der Waals surface area (Å²) in [5, 5.41) is 13.0. The topological polar surface area (TPSA) is 70.7 Å². The zero-order valence-corrected chi connectivity index (χ0v) is 14.2. The van der Waals surface area contributed by atoms with Crippen molar-refractivity contribution < 1.29 is 4.79 Å². The summed E-state index contributed by atoms with van der Waals surface area (Å²) in [6.07, 6.45) is 2.38. The van der Waals surface area contributed by atoms with E-state index < -0.39 is 0 Å². The van der Waals surface area contributed by atoms with Gasteiger partial charge in [0, 0.05) is 23.8 Å². The lowest BCUT2D eigenvalue weighted by molar-refractivity contribution is 0.102. The van der Waals surface area contributed by atoms with Crippen molar-refractivity contribution in [3.63, 3.8) is 0 Å². The summed E-state index contributed by atoms with van der Waals surface area (Å²) in [5.41, 5.74) is 4.02. The highest BCUT2D eigenvalue weighted by molar-refractivity contribution is 6.05. The molecule has 0 aliphatic heterocycles. The highest BCUT2D eigenvalue weighted by Crippen LogP contribution is 2.41. The molecule has 4 rings (SSSR count). The van der Waals surface area contributed by atoms with Gasteiger partial charge in [0.2, 0.25) is 0 Å². The minimum Gasteiger partial charge on any atom is -0.351 e. The first-order chi connectivity index (χ1) is 12.1. The molecule has 1 amide bonds. The Bertz CT molecular complexity index is 1040. The van der Waals surface area contributed by atoms with Crippen molar-refractivity contribution in [1.82, 2.24) is 9.55 Å². The van der Waals surface area contributed by atoms with Crippen LogP contribution in [-0.4, -0.2) is 15.5 Å². The smallest absolute Gasteiger partial charge is 0.258 e. The molecule has 0 spiro atoms. The van der Waals surface area contributed by atoms with Crippen LogP contribution in [-0.2, 0) is 7.05 Å². The van der Waals surface area contributed by atoms with Crippen molar-refractivity contribution in [2.45, 2.75) is 25.7 Å². The summed E-state index contributed by atoms with van der Waals surface area (Å²) >= 11 is 0. The molecule has 1 aromatic carbocycles. The van der Waals surface area contributed by atoms with E-state index in [1.807, 2.05) is 44.3 Å². The summed E-state index contributed by atoms with van der Waals surface area (Å²) in [7, 11) is 2.00. The molecule has 1 saturated carbocycles. The van der Waals surface area contributed by atoms with Crippen molar-refractivity contribution in [1.29, 1.82) is 5.26 Å². The first-order valence-electron chi connectivity index (χ1n) is 8.36. The number of para-hydroxylation sites is 1. The van der Waals surface area contributed by atoms with Crippen LogP contribution in [0.1, 0.15) is 46.1 Å². The molecular weight excluding hydrogens is 312 g/mol. The number of nitriles is 1. The number of carbonyl (C=O) groups excluding carboxylic acids is 1. The molecule has 25 heavy (non-hydrogen) atoms. The first kappa shape index (κ1) is 15.4. The number of amides is 1. The Hall–Kier alpha value is -3.13. The first-order valence-corrected chi connectivity index (χ1v) is 8.36. The highest BCUT2D eigenvalue weighted by atomic mass is 16.1. The van der Waals surface area contributed by atoms with E-state index in [9.17, 15) is 10.1 Å². The average molecular weight is 330 g/mol. The standard InChI is InChI=1S/C20H18N4O/c1-12-16(10-18(24(12)2)13-7-8-13)20(25)23-19-9-14(11-21)15-5-3-4-6-17(15)22-19/h3-6,9-10,13H,7-8H2,1-2H3,(H,22,23,25). The number of nitrogens with one attached hydrogen (secondary N) is 1. The van der Waals surface area contributed by atoms with Crippen molar-refractivity contribution >= 4 is 22.6 Å². The van der Waals surface area contributed by atoms with E-state index in [1.165, 1.54) is 18.5 Å². The van der Waals surface area contributed by atoms with Gasteiger partial charge in [0.25, 0.3) is 5.91 Å². The fourth-order valence-electron chi connectivity index (χ4n) is 3.24. The Morgan fingerprint density at radius 2 is 2.08 bits per heavy atom. The molecule has 3 aromatic rings. The number of fused-ring (bicyclic) bond motifs is 1. The number of anilines is 1. The minimum atomic E-state index is -0.188. The fraction of sp³-hybridized carbons (Fsp3) is 0.250. The molecule has 1 N–H and O–H groups in total. The zero-order chi connectivity index (χ0) is 17.6. The molecule has 0 radical (unpaired) electrons. The quantitative estimate of drug-likeness (QED) is 0.792. The summed E-state index contributed by atoms with van der Waals surface area (Å²) in [6.45, 7) is 1.95. The second-order valence-corrected chi connectivity index (χ2v) is 6.54. The second-order valence-electron chi connectivity index (χ2n) is 6.54. The summed E-state index contributed by atoms with van der Waals surface area (Å²) < 4.78 is 2.10. The van der Waals surface area contributed by atoms with Crippen LogP contribution in [0.15, 0.2) is 36.4 Å². The molecule has 2 heterocycles. The van der Waals surface area contributed by atoms with Crippen molar-refractivity contribution in [3.05, 3.63) is 58.9 Å². The summed E-state index contributed by atoms with van der Waals surface area (Å²) in [4.78, 5) is 17.2. The molecule has 124 valence electrons. The van der Waals surface area contributed by atoms with Gasteiger partial charge in [-0.2, -0.15) is 5.26 Å². The van der Waals surface area contributed by atoms with Gasteiger partial charge in [-0.15, -0.1) is 0 Å². The van der Waals surface area contributed by atoms with Gasteiger partial charge in [-0.05, 0) is 43.9 Å². The van der Waals surface area contributed by atoms with Crippen molar-refractivity contribution in [2.75, 3.05) is 5.32 Å². The molecule has 0 unspecified atom stereocenters. The maximum absolute atomic E-state index is 12.7. The maximum Gasteiger partial charge on any atom is 0.258 e. The van der Waals surface area contributed by atoms with Crippen LogP contribution in [0.4, 0.5) is 5.82 Å². The Morgan fingerprint density at radius 3 is 2.80 bits per heavy atom. The summed E-state index contributed by atoms with van der Waals surface area (Å²) in [6, 6.07) is 13.2. The van der Waals surface area contributed by atoms with Crippen LogP contribution in [0.5, 0.6) is 0 Å². The molecule has 2 aromatic heterocycles. The van der Waals surface area contributed by atoms with E-state index >= 15 is 0 Å². The number of benzene rings is 1. The van der Waals surface area contributed by atoms with Crippen LogP contribution < -0.4 is 5.32 Å². The molecule has 1 fully saturated rings. The fourth-order valence-corrected chi connectivity index (χ4v) is 3.24. The van der Waals surface area contributed by atoms with Gasteiger partial charge in [0.1, 0.15) is 5.82 Å². The second kappa shape index (κ2) is 5.75. The number of rotatable bonds is 3. The minimum absolute atomic E-state index is 0.188. The number of hydrogen-bond donors (Lipinski definition) is 1. The Kier molecular flexibility index (Phi) is 3.54. The van der Waals surface area contributed by atoms with Gasteiger partial charge in [-0.25, -0.2) is 4.98 Å². The molecule has 5 heteroatoms. The third kappa shape index (κ3) is 2.66. The Balaban J connectivity index is 1.68.